The number of benzene rings is 3. The molecular formula is C32H38N4O6S2. The molecule has 0 aromatic heterocycles. The van der Waals surface area contributed by atoms with Crippen LogP contribution in [-0.2, 0) is 27.3 Å². The number of hydrogen-bond acceptors (Lipinski definition) is 7. The number of amides is 2. The van der Waals surface area contributed by atoms with E-state index in [2.05, 4.69) is 4.40 Å². The molecule has 5 rings (SSSR count). The summed E-state index contributed by atoms with van der Waals surface area (Å²) >= 11 is -1.11. The number of carbonyl (C=O) groups is 2. The molecule has 0 saturated carbocycles. The van der Waals surface area contributed by atoms with E-state index in [0.717, 1.165) is 41.2 Å². The Labute approximate surface area is 264 Å². The van der Waals surface area contributed by atoms with Crippen molar-refractivity contribution in [3.05, 3.63) is 65.7 Å². The second-order valence-electron chi connectivity index (χ2n) is 10.9. The SMILES string of the molecule is COc1cc2ccc(N(C3CCN(C(Cc4ccc(C=NSC)cc4)C(=O)N4CCCCC4)C3=O)S(=O)O)cc2cc1OC. The molecule has 2 heterocycles. The Balaban J connectivity index is 1.43. The van der Waals surface area contributed by atoms with Crippen LogP contribution in [0.2, 0.25) is 0 Å². The van der Waals surface area contributed by atoms with Crippen LogP contribution in [0.3, 0.4) is 0 Å². The van der Waals surface area contributed by atoms with Crippen molar-refractivity contribution < 1.29 is 27.8 Å². The van der Waals surface area contributed by atoms with Gasteiger partial charge < -0.3 is 19.3 Å². The molecule has 0 bridgehead atoms. The average Bonchev–Trinajstić information content (AvgIpc) is 3.42. The summed E-state index contributed by atoms with van der Waals surface area (Å²) in [4.78, 5) is 31.5. The van der Waals surface area contributed by atoms with Gasteiger partial charge in [0.25, 0.3) is 11.3 Å². The summed E-state index contributed by atoms with van der Waals surface area (Å²) in [7, 11) is 3.11. The lowest BCUT2D eigenvalue weighted by molar-refractivity contribution is -0.144. The standard InChI is InChI=1S/C32H38N4O6S2/c1-41-29-19-24-11-12-26(18-25(24)20-30(29)42-2)36(44(39)40)27-13-16-35(32(27)38)28(31(37)34-14-5-4-6-15-34)17-22-7-9-23(10-8-22)21-33-43-3/h7-12,18-21,27-28H,4-6,13-17H2,1-3H3,(H,39,40). The first-order valence-corrected chi connectivity index (χ1v) is 16.9. The second kappa shape index (κ2) is 14.4. The van der Waals surface area contributed by atoms with Gasteiger partial charge >= 0.3 is 0 Å². The van der Waals surface area contributed by atoms with Gasteiger partial charge in [-0.3, -0.25) is 18.4 Å². The summed E-state index contributed by atoms with van der Waals surface area (Å²) in [5.74, 6) is 0.693. The number of likely N-dealkylation sites (tertiary alicyclic amines) is 2. The molecule has 2 saturated heterocycles. The summed E-state index contributed by atoms with van der Waals surface area (Å²) in [5, 5.41) is 1.62. The molecule has 234 valence electrons. The maximum Gasteiger partial charge on any atom is 0.262 e. The molecule has 2 fully saturated rings. The molecule has 3 atom stereocenters. The zero-order valence-corrected chi connectivity index (χ0v) is 26.8. The zero-order chi connectivity index (χ0) is 31.2. The Morgan fingerprint density at radius 3 is 2.36 bits per heavy atom. The van der Waals surface area contributed by atoms with E-state index in [-0.39, 0.29) is 11.8 Å². The fraction of sp³-hybridized carbons (Fsp3) is 0.406. The number of anilines is 1. The predicted molar refractivity (Wildman–Crippen MR) is 176 cm³/mol. The van der Waals surface area contributed by atoms with Gasteiger partial charge in [0, 0.05) is 38.5 Å². The first kappa shape index (κ1) is 31.8. The molecule has 2 amide bonds. The van der Waals surface area contributed by atoms with Crippen molar-refractivity contribution in [3.8, 4) is 11.5 Å². The van der Waals surface area contributed by atoms with Gasteiger partial charge in [-0.2, -0.15) is 0 Å². The minimum Gasteiger partial charge on any atom is -0.493 e. The summed E-state index contributed by atoms with van der Waals surface area (Å²) in [5.41, 5.74) is 2.30. The topological polar surface area (TPSA) is 112 Å². The third-order valence-corrected chi connectivity index (χ3v) is 9.41. The molecule has 44 heavy (non-hydrogen) atoms. The fourth-order valence-corrected chi connectivity index (χ4v) is 6.96. The van der Waals surface area contributed by atoms with E-state index in [0.29, 0.717) is 49.7 Å². The van der Waals surface area contributed by atoms with Crippen molar-refractivity contribution in [2.24, 2.45) is 4.40 Å². The van der Waals surface area contributed by atoms with Crippen LogP contribution in [0.4, 0.5) is 5.69 Å². The zero-order valence-electron chi connectivity index (χ0n) is 25.2. The first-order chi connectivity index (χ1) is 21.3. The number of methoxy groups -OCH3 is 2. The lowest BCUT2D eigenvalue weighted by atomic mass is 10.0. The summed E-state index contributed by atoms with van der Waals surface area (Å²) < 4.78 is 39.5. The number of rotatable bonds is 11. The lowest BCUT2D eigenvalue weighted by Crippen LogP contribution is -2.53. The highest BCUT2D eigenvalue weighted by Gasteiger charge is 2.44. The van der Waals surface area contributed by atoms with Gasteiger partial charge in [0.1, 0.15) is 12.1 Å². The smallest absolute Gasteiger partial charge is 0.262 e. The van der Waals surface area contributed by atoms with E-state index >= 15 is 0 Å². The van der Waals surface area contributed by atoms with Crippen molar-refractivity contribution in [2.45, 2.75) is 44.2 Å². The van der Waals surface area contributed by atoms with Crippen molar-refractivity contribution in [3.63, 3.8) is 0 Å². The summed E-state index contributed by atoms with van der Waals surface area (Å²) in [6, 6.07) is 15.1. The minimum absolute atomic E-state index is 0.0739. The predicted octanol–water partition coefficient (Wildman–Crippen LogP) is 4.72. The van der Waals surface area contributed by atoms with E-state index in [1.807, 2.05) is 47.6 Å². The largest absolute Gasteiger partial charge is 0.493 e. The quantitative estimate of drug-likeness (QED) is 0.184. The molecule has 12 heteroatoms. The normalized spacial score (nSPS) is 18.5. The molecule has 2 aliphatic heterocycles. The van der Waals surface area contributed by atoms with E-state index in [1.165, 1.54) is 16.3 Å². The van der Waals surface area contributed by atoms with Crippen LogP contribution < -0.4 is 13.8 Å². The molecule has 10 nitrogen and oxygen atoms in total. The van der Waals surface area contributed by atoms with Gasteiger partial charge in [-0.05, 0) is 83.8 Å². The summed E-state index contributed by atoms with van der Waals surface area (Å²) in [6.45, 7) is 1.64. The van der Waals surface area contributed by atoms with Gasteiger partial charge in [-0.1, -0.05) is 30.3 Å². The van der Waals surface area contributed by atoms with E-state index in [1.54, 1.807) is 43.5 Å². The first-order valence-electron chi connectivity index (χ1n) is 14.6. The van der Waals surface area contributed by atoms with E-state index in [4.69, 9.17) is 9.47 Å². The van der Waals surface area contributed by atoms with E-state index in [9.17, 15) is 18.4 Å². The van der Waals surface area contributed by atoms with Crippen LogP contribution >= 0.6 is 11.9 Å². The Bertz CT molecular complexity index is 1540. The number of carbonyl (C=O) groups excluding carboxylic acids is 2. The molecular weight excluding hydrogens is 601 g/mol. The fourth-order valence-electron chi connectivity index (χ4n) is 6.02. The number of ether oxygens (including phenoxy) is 2. The second-order valence-corrected chi connectivity index (χ2v) is 12.3. The lowest BCUT2D eigenvalue weighted by Gasteiger charge is -2.35. The van der Waals surface area contributed by atoms with Crippen molar-refractivity contribution in [1.82, 2.24) is 9.80 Å². The Morgan fingerprint density at radius 1 is 1.05 bits per heavy atom. The molecule has 3 aromatic carbocycles. The maximum atomic E-state index is 14.1. The van der Waals surface area contributed by atoms with Crippen LogP contribution in [0.15, 0.2) is 59.0 Å². The molecule has 0 aliphatic carbocycles. The third kappa shape index (κ3) is 6.87. The van der Waals surface area contributed by atoms with E-state index < -0.39 is 23.4 Å². The van der Waals surface area contributed by atoms with Crippen LogP contribution in [0.25, 0.3) is 10.8 Å². The van der Waals surface area contributed by atoms with Crippen LogP contribution in [0, 0.1) is 0 Å². The van der Waals surface area contributed by atoms with Crippen LogP contribution in [0.1, 0.15) is 36.8 Å². The number of hydrogen-bond donors (Lipinski definition) is 1. The number of fused-ring (bicyclic) bond motifs is 1. The maximum absolute atomic E-state index is 14.1. The minimum atomic E-state index is -2.49. The summed E-state index contributed by atoms with van der Waals surface area (Å²) in [6.07, 6.45) is 7.30. The van der Waals surface area contributed by atoms with Gasteiger partial charge in [-0.25, -0.2) is 8.61 Å². The van der Waals surface area contributed by atoms with Crippen molar-refractivity contribution >= 4 is 57.7 Å². The highest BCUT2D eigenvalue weighted by molar-refractivity contribution is 7.97. The number of piperidine rings is 1. The molecule has 3 aromatic rings. The Kier molecular flexibility index (Phi) is 10.4. The van der Waals surface area contributed by atoms with Crippen LogP contribution in [-0.4, -0.2) is 88.8 Å². The van der Waals surface area contributed by atoms with Gasteiger partial charge in [0.2, 0.25) is 11.8 Å². The molecule has 1 N–H and O–H groups in total. The monoisotopic (exact) mass is 638 g/mol. The molecule has 3 unspecified atom stereocenters. The molecule has 0 radical (unpaired) electrons. The highest BCUT2D eigenvalue weighted by Crippen LogP contribution is 2.35. The van der Waals surface area contributed by atoms with Crippen molar-refractivity contribution in [1.29, 1.82) is 0 Å². The van der Waals surface area contributed by atoms with Crippen molar-refractivity contribution in [2.75, 3.05) is 44.4 Å². The Morgan fingerprint density at radius 2 is 1.73 bits per heavy atom. The van der Waals surface area contributed by atoms with Gasteiger partial charge in [0.15, 0.2) is 11.5 Å². The Hall–Kier alpha value is -3.61. The average molecular weight is 639 g/mol. The highest BCUT2D eigenvalue weighted by atomic mass is 32.2. The van der Waals surface area contributed by atoms with Gasteiger partial charge in [0.05, 0.1) is 19.9 Å². The van der Waals surface area contributed by atoms with Gasteiger partial charge in [-0.15, -0.1) is 0 Å². The molecule has 0 spiro atoms. The van der Waals surface area contributed by atoms with Crippen LogP contribution in [0.5, 0.6) is 11.5 Å². The third-order valence-electron chi connectivity index (χ3n) is 8.29. The number of nitrogens with zero attached hydrogens (tertiary/aromatic N) is 4. The molecule has 2 aliphatic rings.